The van der Waals surface area contributed by atoms with Crippen LogP contribution >= 0.6 is 11.3 Å². The second-order valence-corrected chi connectivity index (χ2v) is 7.04. The number of aromatic nitrogens is 1. The number of thiazole rings is 1. The van der Waals surface area contributed by atoms with Gasteiger partial charge in [0.2, 0.25) is 5.91 Å². The van der Waals surface area contributed by atoms with Crippen molar-refractivity contribution in [2.75, 3.05) is 7.05 Å². The third kappa shape index (κ3) is 3.85. The Morgan fingerprint density at radius 2 is 1.96 bits per heavy atom. The predicted molar refractivity (Wildman–Crippen MR) is 95.5 cm³/mol. The molecule has 0 aliphatic carbocycles. The molecule has 0 N–H and O–H groups in total. The summed E-state index contributed by atoms with van der Waals surface area (Å²) in [5, 5.41) is 0.920. The molecule has 0 fully saturated rings. The number of amides is 1. The van der Waals surface area contributed by atoms with E-state index in [1.165, 1.54) is 6.07 Å². The molecular formula is C19H18F2N2OS. The van der Waals surface area contributed by atoms with Gasteiger partial charge in [0.1, 0.15) is 0 Å². The first-order valence-corrected chi connectivity index (χ1v) is 8.82. The summed E-state index contributed by atoms with van der Waals surface area (Å²) in [4.78, 5) is 18.5. The quantitative estimate of drug-likeness (QED) is 0.659. The molecule has 0 bridgehead atoms. The van der Waals surface area contributed by atoms with Crippen LogP contribution in [0.2, 0.25) is 0 Å². The molecule has 0 aliphatic rings. The largest absolute Gasteiger partial charge is 0.339 e. The van der Waals surface area contributed by atoms with Gasteiger partial charge in [-0.15, -0.1) is 11.3 Å². The lowest BCUT2D eigenvalue weighted by atomic mass is 10.1. The summed E-state index contributed by atoms with van der Waals surface area (Å²) < 4.78 is 27.6. The summed E-state index contributed by atoms with van der Waals surface area (Å²) in [5.74, 6) is -1.85. The normalized spacial score (nSPS) is 12.3. The van der Waals surface area contributed by atoms with Crippen molar-refractivity contribution < 1.29 is 13.6 Å². The first-order chi connectivity index (χ1) is 12.0. The van der Waals surface area contributed by atoms with E-state index in [1.807, 2.05) is 24.3 Å². The minimum atomic E-state index is -0.903. The van der Waals surface area contributed by atoms with Gasteiger partial charge >= 0.3 is 0 Å². The van der Waals surface area contributed by atoms with Crippen molar-refractivity contribution in [3.8, 4) is 0 Å². The molecule has 1 atom stereocenters. The highest BCUT2D eigenvalue weighted by Crippen LogP contribution is 2.24. The number of nitrogens with zero attached hydrogens (tertiary/aromatic N) is 2. The van der Waals surface area contributed by atoms with Crippen molar-refractivity contribution in [2.24, 2.45) is 0 Å². The standard InChI is InChI=1S/C19H18F2N2OS/c1-12(13-7-8-14(20)15(21)11-13)23(2)19(24)10-9-18-22-16-5-3-4-6-17(16)25-18/h3-8,11-12H,9-10H2,1-2H3. The Balaban J connectivity index is 1.64. The van der Waals surface area contributed by atoms with Gasteiger partial charge < -0.3 is 4.90 Å². The third-order valence-corrected chi connectivity index (χ3v) is 5.39. The van der Waals surface area contributed by atoms with Crippen LogP contribution in [0.3, 0.4) is 0 Å². The van der Waals surface area contributed by atoms with Gasteiger partial charge in [-0.05, 0) is 36.8 Å². The summed E-state index contributed by atoms with van der Waals surface area (Å²) in [7, 11) is 1.67. The zero-order valence-electron chi connectivity index (χ0n) is 14.0. The van der Waals surface area contributed by atoms with Crippen molar-refractivity contribution in [1.82, 2.24) is 9.88 Å². The molecule has 0 radical (unpaired) electrons. The molecule has 3 nitrogen and oxygen atoms in total. The summed E-state index contributed by atoms with van der Waals surface area (Å²) in [6, 6.07) is 11.3. The van der Waals surface area contributed by atoms with E-state index < -0.39 is 11.6 Å². The molecule has 1 heterocycles. The Labute approximate surface area is 148 Å². The summed E-state index contributed by atoms with van der Waals surface area (Å²) in [6.45, 7) is 1.79. The summed E-state index contributed by atoms with van der Waals surface area (Å²) in [5.41, 5.74) is 1.51. The number of halogens is 2. The molecule has 0 saturated carbocycles. The lowest BCUT2D eigenvalue weighted by Crippen LogP contribution is -2.29. The van der Waals surface area contributed by atoms with Crippen LogP contribution in [-0.4, -0.2) is 22.8 Å². The second-order valence-electron chi connectivity index (χ2n) is 5.93. The van der Waals surface area contributed by atoms with Crippen LogP contribution in [0.25, 0.3) is 10.2 Å². The van der Waals surface area contributed by atoms with Crippen molar-refractivity contribution in [1.29, 1.82) is 0 Å². The van der Waals surface area contributed by atoms with Crippen LogP contribution < -0.4 is 0 Å². The molecule has 2 aromatic carbocycles. The number of para-hydroxylation sites is 1. The highest BCUT2D eigenvalue weighted by Gasteiger charge is 2.19. The smallest absolute Gasteiger partial charge is 0.223 e. The lowest BCUT2D eigenvalue weighted by Gasteiger charge is -2.25. The average Bonchev–Trinajstić information content (AvgIpc) is 3.03. The second kappa shape index (κ2) is 7.27. The van der Waals surface area contributed by atoms with Crippen LogP contribution in [0.1, 0.15) is 30.0 Å². The maximum atomic E-state index is 13.4. The predicted octanol–water partition coefficient (Wildman–Crippen LogP) is 4.73. The topological polar surface area (TPSA) is 33.2 Å². The lowest BCUT2D eigenvalue weighted by molar-refractivity contribution is -0.131. The maximum Gasteiger partial charge on any atom is 0.223 e. The highest BCUT2D eigenvalue weighted by atomic mass is 32.1. The first-order valence-electron chi connectivity index (χ1n) is 8.01. The van der Waals surface area contributed by atoms with Crippen LogP contribution in [0, 0.1) is 11.6 Å². The molecular weight excluding hydrogens is 342 g/mol. The number of fused-ring (bicyclic) bond motifs is 1. The van der Waals surface area contributed by atoms with Gasteiger partial charge in [-0.3, -0.25) is 4.79 Å². The van der Waals surface area contributed by atoms with Gasteiger partial charge in [-0.25, -0.2) is 13.8 Å². The van der Waals surface area contributed by atoms with Gasteiger partial charge in [0.25, 0.3) is 0 Å². The molecule has 1 unspecified atom stereocenters. The Kier molecular flexibility index (Phi) is 5.08. The molecule has 0 spiro atoms. The fourth-order valence-corrected chi connectivity index (χ4v) is 3.60. The van der Waals surface area contributed by atoms with E-state index in [4.69, 9.17) is 0 Å². The van der Waals surface area contributed by atoms with E-state index in [2.05, 4.69) is 4.98 Å². The van der Waals surface area contributed by atoms with Crippen molar-refractivity contribution in [3.63, 3.8) is 0 Å². The Morgan fingerprint density at radius 3 is 2.68 bits per heavy atom. The fraction of sp³-hybridized carbons (Fsp3) is 0.263. The zero-order valence-corrected chi connectivity index (χ0v) is 14.8. The molecule has 0 aliphatic heterocycles. The Hall–Kier alpha value is -2.34. The van der Waals surface area contributed by atoms with Crippen LogP contribution in [0.4, 0.5) is 8.78 Å². The number of carbonyl (C=O) groups excluding carboxylic acids is 1. The van der Waals surface area contributed by atoms with E-state index in [9.17, 15) is 13.6 Å². The average molecular weight is 360 g/mol. The number of rotatable bonds is 5. The number of benzene rings is 2. The Morgan fingerprint density at radius 1 is 1.20 bits per heavy atom. The van der Waals surface area contributed by atoms with Crippen LogP contribution in [0.15, 0.2) is 42.5 Å². The summed E-state index contributed by atoms with van der Waals surface area (Å²) in [6.07, 6.45) is 0.886. The van der Waals surface area contributed by atoms with E-state index in [0.717, 1.165) is 27.4 Å². The third-order valence-electron chi connectivity index (χ3n) is 4.29. The van der Waals surface area contributed by atoms with E-state index in [0.29, 0.717) is 18.4 Å². The molecule has 0 saturated heterocycles. The van der Waals surface area contributed by atoms with Crippen LogP contribution in [-0.2, 0) is 11.2 Å². The van der Waals surface area contributed by atoms with Gasteiger partial charge in [-0.1, -0.05) is 18.2 Å². The molecule has 130 valence electrons. The molecule has 1 aromatic heterocycles. The van der Waals surface area contributed by atoms with Crippen molar-refractivity contribution in [2.45, 2.75) is 25.8 Å². The van der Waals surface area contributed by atoms with Gasteiger partial charge in [0, 0.05) is 19.9 Å². The molecule has 6 heteroatoms. The molecule has 3 rings (SSSR count). The zero-order chi connectivity index (χ0) is 18.0. The summed E-state index contributed by atoms with van der Waals surface area (Å²) >= 11 is 1.59. The van der Waals surface area contributed by atoms with Crippen molar-refractivity contribution >= 4 is 27.5 Å². The van der Waals surface area contributed by atoms with E-state index in [-0.39, 0.29) is 11.9 Å². The first kappa shape index (κ1) is 17.5. The number of aryl methyl sites for hydroxylation is 1. The molecule has 1 amide bonds. The van der Waals surface area contributed by atoms with Crippen molar-refractivity contribution in [3.05, 3.63) is 64.7 Å². The van der Waals surface area contributed by atoms with Gasteiger partial charge in [0.05, 0.1) is 21.3 Å². The maximum absolute atomic E-state index is 13.4. The van der Waals surface area contributed by atoms with E-state index in [1.54, 1.807) is 30.2 Å². The number of hydrogen-bond donors (Lipinski definition) is 0. The number of hydrogen-bond acceptors (Lipinski definition) is 3. The van der Waals surface area contributed by atoms with Crippen LogP contribution in [0.5, 0.6) is 0 Å². The minimum Gasteiger partial charge on any atom is -0.339 e. The Bertz CT molecular complexity index is 876. The molecule has 3 aromatic rings. The minimum absolute atomic E-state index is 0.0588. The van der Waals surface area contributed by atoms with Gasteiger partial charge in [-0.2, -0.15) is 0 Å². The van der Waals surface area contributed by atoms with Gasteiger partial charge in [0.15, 0.2) is 11.6 Å². The SMILES string of the molecule is CC(c1ccc(F)c(F)c1)N(C)C(=O)CCc1nc2ccccc2s1. The number of carbonyl (C=O) groups is 1. The fourth-order valence-electron chi connectivity index (χ4n) is 2.63. The van der Waals surface area contributed by atoms with E-state index >= 15 is 0 Å². The highest BCUT2D eigenvalue weighted by molar-refractivity contribution is 7.18. The molecule has 25 heavy (non-hydrogen) atoms. The monoisotopic (exact) mass is 360 g/mol.